The maximum Gasteiger partial charge on any atom is 0.227 e. The minimum Gasteiger partial charge on any atom is -0.458 e. The summed E-state index contributed by atoms with van der Waals surface area (Å²) in [5, 5.41) is 0. The summed E-state index contributed by atoms with van der Waals surface area (Å²) in [6.07, 6.45) is 1.86. The van der Waals surface area contributed by atoms with Gasteiger partial charge in [0.05, 0.1) is 0 Å². The molecule has 0 aromatic carbocycles. The molecule has 0 aromatic rings. The van der Waals surface area contributed by atoms with Crippen molar-refractivity contribution in [2.24, 2.45) is 0 Å². The monoisotopic (exact) mass is 150 g/mol. The Hall–Kier alpha value is 0.484. The zero-order valence-corrected chi connectivity index (χ0v) is 8.47. The number of allylic oxidation sites excluding steroid dienone is 1. The maximum absolute atomic E-state index is 5.06. The zero-order chi connectivity index (χ0) is 5.70. The Morgan fingerprint density at radius 3 is 2.71 bits per heavy atom. The Morgan fingerprint density at radius 1 is 2.00 bits per heavy atom. The van der Waals surface area contributed by atoms with Crippen molar-refractivity contribution in [3.63, 3.8) is 0 Å². The molecule has 1 nitrogen and oxygen atoms in total. The lowest BCUT2D eigenvalue weighted by atomic mass is 10.8. The molecule has 0 amide bonds. The minimum absolute atomic E-state index is 0.825. The molecule has 0 spiro atoms. The van der Waals surface area contributed by atoms with Crippen molar-refractivity contribution in [1.82, 2.24) is 0 Å². The molecule has 0 bridgehead atoms. The smallest absolute Gasteiger partial charge is 0.227 e. The summed E-state index contributed by atoms with van der Waals surface area (Å²) in [4.78, 5) is 0. The molecule has 0 N–H and O–H groups in total. The van der Waals surface area contributed by atoms with E-state index in [1.807, 2.05) is 6.08 Å². The number of hydrogen-bond donors (Lipinski definition) is 1. The molecule has 1 unspecified atom stereocenters. The van der Waals surface area contributed by atoms with Crippen LogP contribution in [-0.4, -0.2) is 18.7 Å². The highest BCUT2D eigenvalue weighted by molar-refractivity contribution is 8.09. The minimum atomic E-state index is -1.04. The van der Waals surface area contributed by atoms with E-state index in [4.69, 9.17) is 4.12 Å². The molecule has 4 heteroatoms. The van der Waals surface area contributed by atoms with Crippen LogP contribution in [-0.2, 0) is 4.12 Å². The van der Waals surface area contributed by atoms with Gasteiger partial charge in [-0.15, -0.1) is 6.58 Å². The van der Waals surface area contributed by atoms with E-state index in [0.29, 0.717) is 0 Å². The second-order valence-corrected chi connectivity index (χ2v) is 6.21. The second kappa shape index (κ2) is 4.64. The van der Waals surface area contributed by atoms with Crippen LogP contribution >= 0.6 is 12.1 Å². The molecule has 0 aliphatic carbocycles. The van der Waals surface area contributed by atoms with Crippen molar-refractivity contribution in [3.8, 4) is 0 Å². The lowest BCUT2D eigenvalue weighted by molar-refractivity contribution is 0.659. The second-order valence-electron chi connectivity index (χ2n) is 1.21. The van der Waals surface area contributed by atoms with Crippen LogP contribution in [0, 0.1) is 0 Å². The molecule has 7 heavy (non-hydrogen) atoms. The third-order valence-electron chi connectivity index (χ3n) is 0.640. The Kier molecular flexibility index (Phi) is 4.96. The van der Waals surface area contributed by atoms with Crippen LogP contribution in [0.3, 0.4) is 0 Å². The van der Waals surface area contributed by atoms with Crippen LogP contribution in [0.2, 0.25) is 6.04 Å². The normalized spacial score (nSPS) is 13.9. The topological polar surface area (TPSA) is 9.23 Å². The van der Waals surface area contributed by atoms with Gasteiger partial charge in [0.1, 0.15) is 10.5 Å². The molecule has 0 aliphatic rings. The van der Waals surface area contributed by atoms with E-state index in [0.717, 1.165) is 16.5 Å². The summed E-state index contributed by atoms with van der Waals surface area (Å²) in [6.45, 7) is 3.57. The van der Waals surface area contributed by atoms with Crippen LogP contribution in [0.1, 0.15) is 0 Å². The van der Waals surface area contributed by atoms with Gasteiger partial charge in [0.15, 0.2) is 0 Å². The molecule has 0 saturated carbocycles. The average Bonchev–Trinajstić information content (AvgIpc) is 1.68. The molecule has 0 fully saturated rings. The van der Waals surface area contributed by atoms with Gasteiger partial charge in [0.2, 0.25) is 8.19 Å². The first-order valence-electron chi connectivity index (χ1n) is 2.13. The molecular weight excluding hydrogens is 140 g/mol. The summed E-state index contributed by atoms with van der Waals surface area (Å²) < 4.78 is 5.06. The molecule has 42 valence electrons. The van der Waals surface area contributed by atoms with Gasteiger partial charge in [-0.25, -0.2) is 0 Å². The Bertz CT molecular complexity index is 58.9. The van der Waals surface area contributed by atoms with Crippen LogP contribution < -0.4 is 0 Å². The summed E-state index contributed by atoms with van der Waals surface area (Å²) in [5.74, 6) is 0. The van der Waals surface area contributed by atoms with Gasteiger partial charge in [0.25, 0.3) is 0 Å². The first-order valence-corrected chi connectivity index (χ1v) is 6.30. The highest BCUT2D eigenvalue weighted by Gasteiger charge is 1.95. The fourth-order valence-electron chi connectivity index (χ4n) is 0.239. The van der Waals surface area contributed by atoms with E-state index in [1.165, 1.54) is 0 Å². The molecular formula is C3H10OSSi2. The largest absolute Gasteiger partial charge is 0.458 e. The van der Waals surface area contributed by atoms with Crippen LogP contribution in [0.4, 0.5) is 0 Å². The Morgan fingerprint density at radius 2 is 2.57 bits per heavy atom. The summed E-state index contributed by atoms with van der Waals surface area (Å²) in [7, 11) is -0.219. The van der Waals surface area contributed by atoms with Gasteiger partial charge < -0.3 is 4.12 Å². The van der Waals surface area contributed by atoms with Crippen LogP contribution in [0.5, 0.6) is 0 Å². The highest BCUT2D eigenvalue weighted by Crippen LogP contribution is 1.95. The van der Waals surface area contributed by atoms with Crippen molar-refractivity contribution in [3.05, 3.63) is 12.7 Å². The maximum atomic E-state index is 5.06. The molecule has 0 aromatic heterocycles. The van der Waals surface area contributed by atoms with Gasteiger partial charge in [-0.05, 0) is 6.04 Å². The fraction of sp³-hybridized carbons (Fsp3) is 0.333. The summed E-state index contributed by atoms with van der Waals surface area (Å²) in [6, 6.07) is 0.979. The fourth-order valence-corrected chi connectivity index (χ4v) is 1.74. The third-order valence-corrected chi connectivity index (χ3v) is 6.08. The van der Waals surface area contributed by atoms with Crippen LogP contribution in [0.25, 0.3) is 0 Å². The third kappa shape index (κ3) is 4.33. The standard InChI is InChI=1S/C3H10OSSi2/c1-2-3-7(5)4-6/h2,5,7H,1,3H2,6H3. The lowest BCUT2D eigenvalue weighted by Gasteiger charge is -1.99. The Labute approximate surface area is 54.1 Å². The highest BCUT2D eigenvalue weighted by atomic mass is 32.3. The quantitative estimate of drug-likeness (QED) is 0.328. The molecule has 0 heterocycles. The Balaban J connectivity index is 2.98. The van der Waals surface area contributed by atoms with E-state index in [-0.39, 0.29) is 0 Å². The van der Waals surface area contributed by atoms with Crippen molar-refractivity contribution in [1.29, 1.82) is 0 Å². The van der Waals surface area contributed by atoms with E-state index < -0.39 is 8.19 Å². The zero-order valence-electron chi connectivity index (χ0n) is 4.42. The van der Waals surface area contributed by atoms with E-state index in [1.54, 1.807) is 0 Å². The van der Waals surface area contributed by atoms with E-state index >= 15 is 0 Å². The van der Waals surface area contributed by atoms with Crippen molar-refractivity contribution in [2.75, 3.05) is 0 Å². The average molecular weight is 150 g/mol. The molecule has 1 atom stereocenters. The molecule has 0 aliphatic heterocycles. The van der Waals surface area contributed by atoms with Crippen molar-refractivity contribution >= 4 is 30.8 Å². The number of rotatable bonds is 3. The first-order chi connectivity index (χ1) is 3.31. The SMILES string of the molecule is C=CC[SiH](S)O[SiH3]. The van der Waals surface area contributed by atoms with Gasteiger partial charge in [0, 0.05) is 0 Å². The molecule has 0 radical (unpaired) electrons. The molecule has 0 rings (SSSR count). The van der Waals surface area contributed by atoms with Gasteiger partial charge in [-0.3, -0.25) is 0 Å². The van der Waals surface area contributed by atoms with Gasteiger partial charge in [-0.2, -0.15) is 12.1 Å². The summed E-state index contributed by atoms with van der Waals surface area (Å²) >= 11 is 4.19. The van der Waals surface area contributed by atoms with Crippen LogP contribution in [0.15, 0.2) is 12.7 Å². The predicted octanol–water partition coefficient (Wildman–Crippen LogP) is -0.380. The molecule has 0 saturated heterocycles. The summed E-state index contributed by atoms with van der Waals surface area (Å²) in [5.41, 5.74) is 0. The predicted molar refractivity (Wildman–Crippen MR) is 42.2 cm³/mol. The van der Waals surface area contributed by atoms with E-state index in [2.05, 4.69) is 18.7 Å². The van der Waals surface area contributed by atoms with Gasteiger partial charge in [-0.1, -0.05) is 6.08 Å². The van der Waals surface area contributed by atoms with Crippen molar-refractivity contribution in [2.45, 2.75) is 6.04 Å². The van der Waals surface area contributed by atoms with E-state index in [9.17, 15) is 0 Å². The number of thiol groups is 1. The lowest BCUT2D eigenvalue weighted by Crippen LogP contribution is -2.05. The van der Waals surface area contributed by atoms with Gasteiger partial charge >= 0.3 is 0 Å². The number of hydrogen-bond acceptors (Lipinski definition) is 2. The van der Waals surface area contributed by atoms with Crippen molar-refractivity contribution < 1.29 is 4.12 Å². The first kappa shape index (κ1) is 7.48.